The number of rotatable bonds is 50. The highest BCUT2D eigenvalue weighted by Gasteiger charge is 2.53. The van der Waals surface area contributed by atoms with Crippen LogP contribution in [0.1, 0.15) is 194 Å². The van der Waals surface area contributed by atoms with Crippen LogP contribution in [0.4, 0.5) is 0 Å². The van der Waals surface area contributed by atoms with E-state index in [-0.39, 0.29) is 18.9 Å². The van der Waals surface area contributed by atoms with Crippen LogP contribution in [0, 0.1) is 0 Å². The molecule has 0 aromatic heterocycles. The maximum atomic E-state index is 13.3. The van der Waals surface area contributed by atoms with Gasteiger partial charge in [0.15, 0.2) is 18.9 Å². The summed E-state index contributed by atoms with van der Waals surface area (Å²) in [5.74, 6) is -0.262. The molecule has 3 aliphatic rings. The van der Waals surface area contributed by atoms with Crippen molar-refractivity contribution in [1.82, 2.24) is 5.32 Å². The number of nitrogens with one attached hydrogen (secondary N) is 1. The second-order valence-corrected chi connectivity index (χ2v) is 23.9. The molecular formula is C72H119NO18. The first kappa shape index (κ1) is 81.4. The van der Waals surface area contributed by atoms with E-state index in [1.54, 1.807) is 0 Å². The molecule has 0 aromatic rings. The zero-order valence-electron chi connectivity index (χ0n) is 54.8. The molecule has 0 bridgehead atoms. The topological polar surface area (TPSA) is 307 Å². The standard InChI is InChI=1S/C72H119NO18/c1-3-5-7-9-11-12-13-14-15-16-17-18-19-20-21-22-23-24-25-26-27-28-29-30-31-32-33-34-35-36-37-38-39-40-41-42-44-46-48-50-60(78)73-55(56(77)49-47-45-43-10-8-6-4-2)54-86-70-66(84)63(81)68(58(52-75)88-70)91-72-67(85)64(82)69(59(53-76)89-72)90-71-65(83)62(80)61(79)57(51-74)87-71/h5,7,11-12,14-15,17-18,20-21,23-24,26-27,29-30,32-33,35-36,55-59,61-72,74-77,79-85H,3-4,6,8-10,13,16,19,22,25,28,31,34,37-54H2,1-2H3,(H,73,78)/b7-5-,12-11-,15-14-,18-17-,21-20-,24-23-,27-26-,30-29-,33-32-,36-35-. The van der Waals surface area contributed by atoms with E-state index in [0.717, 1.165) is 135 Å². The number of hydrogen-bond acceptors (Lipinski definition) is 18. The lowest BCUT2D eigenvalue weighted by Crippen LogP contribution is -2.66. The fourth-order valence-corrected chi connectivity index (χ4v) is 10.8. The predicted octanol–water partition coefficient (Wildman–Crippen LogP) is 8.82. The number of carbonyl (C=O) groups is 1. The van der Waals surface area contributed by atoms with E-state index in [2.05, 4.69) is 141 Å². The van der Waals surface area contributed by atoms with Gasteiger partial charge >= 0.3 is 0 Å². The lowest BCUT2D eigenvalue weighted by atomic mass is 9.96. The Morgan fingerprint density at radius 2 is 0.758 bits per heavy atom. The summed E-state index contributed by atoms with van der Waals surface area (Å²) in [5.41, 5.74) is 0. The lowest BCUT2D eigenvalue weighted by Gasteiger charge is -2.48. The highest BCUT2D eigenvalue weighted by Crippen LogP contribution is 2.33. The Balaban J connectivity index is 1.30. The van der Waals surface area contributed by atoms with Crippen molar-refractivity contribution in [3.05, 3.63) is 122 Å². The van der Waals surface area contributed by atoms with Crippen molar-refractivity contribution in [3.8, 4) is 0 Å². The van der Waals surface area contributed by atoms with Gasteiger partial charge in [0.1, 0.15) is 73.2 Å². The van der Waals surface area contributed by atoms with E-state index < -0.39 is 124 Å². The molecule has 1 amide bonds. The molecule has 19 nitrogen and oxygen atoms in total. The number of carbonyl (C=O) groups excluding carboxylic acids is 1. The van der Waals surface area contributed by atoms with Crippen LogP contribution in [0.3, 0.4) is 0 Å². The van der Waals surface area contributed by atoms with Gasteiger partial charge in [-0.2, -0.15) is 0 Å². The highest BCUT2D eigenvalue weighted by molar-refractivity contribution is 5.76. The average Bonchev–Trinajstić information content (AvgIpc) is 1.40. The van der Waals surface area contributed by atoms with Crippen molar-refractivity contribution in [1.29, 1.82) is 0 Å². The van der Waals surface area contributed by atoms with Crippen LogP contribution in [-0.4, -0.2) is 193 Å². The third-order valence-electron chi connectivity index (χ3n) is 16.3. The van der Waals surface area contributed by atoms with Crippen LogP contribution in [0.15, 0.2) is 122 Å². The molecule has 3 rings (SSSR count). The molecule has 3 aliphatic heterocycles. The first-order chi connectivity index (χ1) is 44.3. The number of amides is 1. The Kier molecular flexibility index (Phi) is 46.9. The van der Waals surface area contributed by atoms with Crippen molar-refractivity contribution < 1.29 is 89.4 Å². The van der Waals surface area contributed by atoms with Crippen molar-refractivity contribution in [2.24, 2.45) is 0 Å². The maximum absolute atomic E-state index is 13.3. The van der Waals surface area contributed by atoms with E-state index in [4.69, 9.17) is 28.4 Å². The number of aliphatic hydroxyl groups is 11. The molecule has 0 radical (unpaired) electrons. The van der Waals surface area contributed by atoms with E-state index in [1.807, 2.05) is 0 Å². The monoisotopic (exact) mass is 1290 g/mol. The van der Waals surface area contributed by atoms with Crippen LogP contribution in [0.5, 0.6) is 0 Å². The molecule has 3 saturated heterocycles. The van der Waals surface area contributed by atoms with Gasteiger partial charge in [0.2, 0.25) is 5.91 Å². The van der Waals surface area contributed by atoms with Crippen molar-refractivity contribution in [2.75, 3.05) is 26.4 Å². The molecule has 3 heterocycles. The van der Waals surface area contributed by atoms with E-state index in [1.165, 1.54) is 19.3 Å². The average molecular weight is 1290 g/mol. The number of aliphatic hydroxyl groups excluding tert-OH is 11. The summed E-state index contributed by atoms with van der Waals surface area (Å²) in [6, 6.07) is -0.897. The first-order valence-corrected chi connectivity index (χ1v) is 34.3. The summed E-state index contributed by atoms with van der Waals surface area (Å²) < 4.78 is 34.2. The summed E-state index contributed by atoms with van der Waals surface area (Å²) in [6.07, 6.45) is 44.8. The Bertz CT molecular complexity index is 2120. The summed E-state index contributed by atoms with van der Waals surface area (Å²) in [7, 11) is 0. The molecule has 12 N–H and O–H groups in total. The van der Waals surface area contributed by atoms with Crippen LogP contribution in [0.25, 0.3) is 0 Å². The maximum Gasteiger partial charge on any atom is 0.220 e. The second kappa shape index (κ2) is 52.5. The Hall–Kier alpha value is -3.81. The van der Waals surface area contributed by atoms with Gasteiger partial charge in [0.25, 0.3) is 0 Å². The molecule has 19 heteroatoms. The fraction of sp³-hybridized carbons (Fsp3) is 0.708. The molecule has 17 atom stereocenters. The smallest absolute Gasteiger partial charge is 0.220 e. The molecule has 0 saturated carbocycles. The molecular weight excluding hydrogens is 1170 g/mol. The predicted molar refractivity (Wildman–Crippen MR) is 355 cm³/mol. The Morgan fingerprint density at radius 1 is 0.407 bits per heavy atom. The van der Waals surface area contributed by atoms with Crippen molar-refractivity contribution >= 4 is 5.91 Å². The van der Waals surface area contributed by atoms with Gasteiger partial charge < -0.3 is 89.9 Å². The normalized spacial score (nSPS) is 28.6. The van der Waals surface area contributed by atoms with Gasteiger partial charge in [0, 0.05) is 6.42 Å². The Labute approximate surface area is 544 Å². The molecule has 0 aromatic carbocycles. The van der Waals surface area contributed by atoms with Crippen molar-refractivity contribution in [3.63, 3.8) is 0 Å². The minimum Gasteiger partial charge on any atom is -0.394 e. The summed E-state index contributed by atoms with van der Waals surface area (Å²) >= 11 is 0. The summed E-state index contributed by atoms with van der Waals surface area (Å²) in [5, 5.41) is 120. The van der Waals surface area contributed by atoms with Gasteiger partial charge in [-0.1, -0.05) is 219 Å². The SMILES string of the molecule is CC/C=C\C/C=C\C/C=C\C/C=C\C/C=C\C/C=C\C/C=C\C/C=C\C/C=C\C/C=C\CCCCCCCCCCC(=O)NC(COC1OC(CO)C(OC2OC(CO)C(OC3OC(CO)C(O)C(O)C3O)C(O)C2O)C(O)C1O)C(O)CCCCCCCCC. The summed E-state index contributed by atoms with van der Waals surface area (Å²) in [6.45, 7) is 1.58. The fourth-order valence-electron chi connectivity index (χ4n) is 10.8. The number of allylic oxidation sites excluding steroid dienone is 20. The lowest BCUT2D eigenvalue weighted by molar-refractivity contribution is -0.379. The molecule has 0 aliphatic carbocycles. The molecule has 3 fully saturated rings. The zero-order chi connectivity index (χ0) is 66.1. The van der Waals surface area contributed by atoms with Crippen LogP contribution < -0.4 is 5.32 Å². The number of unbranched alkanes of at least 4 members (excludes halogenated alkanes) is 14. The van der Waals surface area contributed by atoms with Gasteiger partial charge in [0.05, 0.1) is 38.6 Å². The third kappa shape index (κ3) is 34.4. The molecule has 520 valence electrons. The first-order valence-electron chi connectivity index (χ1n) is 34.3. The van der Waals surface area contributed by atoms with Crippen LogP contribution >= 0.6 is 0 Å². The zero-order valence-corrected chi connectivity index (χ0v) is 54.8. The molecule has 17 unspecified atom stereocenters. The number of ether oxygens (including phenoxy) is 6. The Morgan fingerprint density at radius 3 is 1.19 bits per heavy atom. The quantitative estimate of drug-likeness (QED) is 0.0200. The van der Waals surface area contributed by atoms with Crippen LogP contribution in [-0.2, 0) is 33.2 Å². The van der Waals surface area contributed by atoms with Gasteiger partial charge in [-0.3, -0.25) is 4.79 Å². The van der Waals surface area contributed by atoms with E-state index >= 15 is 0 Å². The third-order valence-corrected chi connectivity index (χ3v) is 16.3. The molecule has 0 spiro atoms. The highest BCUT2D eigenvalue weighted by atomic mass is 16.8. The minimum absolute atomic E-state index is 0.248. The van der Waals surface area contributed by atoms with E-state index in [0.29, 0.717) is 19.3 Å². The van der Waals surface area contributed by atoms with Crippen LogP contribution in [0.2, 0.25) is 0 Å². The minimum atomic E-state index is -1.98. The van der Waals surface area contributed by atoms with E-state index in [9.17, 15) is 61.0 Å². The largest absolute Gasteiger partial charge is 0.394 e. The van der Waals surface area contributed by atoms with Gasteiger partial charge in [-0.05, 0) is 89.9 Å². The van der Waals surface area contributed by atoms with Gasteiger partial charge in [-0.25, -0.2) is 0 Å². The summed E-state index contributed by atoms with van der Waals surface area (Å²) in [4.78, 5) is 13.3. The second-order valence-electron chi connectivity index (χ2n) is 23.9. The van der Waals surface area contributed by atoms with Crippen molar-refractivity contribution in [2.45, 2.75) is 298 Å². The number of hydrogen-bond donors (Lipinski definition) is 12. The van der Waals surface area contributed by atoms with Gasteiger partial charge in [-0.15, -0.1) is 0 Å². The molecule has 91 heavy (non-hydrogen) atoms.